The van der Waals surface area contributed by atoms with Gasteiger partial charge in [-0.1, -0.05) is 0 Å². The minimum Gasteiger partial charge on any atom is -0.378 e. The van der Waals surface area contributed by atoms with Crippen LogP contribution in [0.2, 0.25) is 0 Å². The topological polar surface area (TPSA) is 55.6 Å². The van der Waals surface area contributed by atoms with Crippen molar-refractivity contribution in [1.82, 2.24) is 4.90 Å². The van der Waals surface area contributed by atoms with E-state index < -0.39 is 0 Å². The first kappa shape index (κ1) is 15.7. The molecule has 0 spiro atoms. The molecule has 5 heteroatoms. The highest BCUT2D eigenvalue weighted by Gasteiger charge is 2.26. The van der Waals surface area contributed by atoms with Crippen molar-refractivity contribution in [2.24, 2.45) is 5.73 Å². The second-order valence-corrected chi connectivity index (χ2v) is 5.15. The number of rotatable bonds is 4. The maximum atomic E-state index is 12.1. The van der Waals surface area contributed by atoms with Gasteiger partial charge in [0.15, 0.2) is 0 Å². The fraction of sp³-hybridized carbons (Fsp3) is 0.923. The van der Waals surface area contributed by atoms with Crippen molar-refractivity contribution in [2.45, 2.75) is 57.1 Å². The SMILES string of the molecule is Cl.NCC1CCCCN1C(=O)CCC1CCCO1. The average molecular weight is 277 g/mol. The maximum absolute atomic E-state index is 12.1. The Morgan fingerprint density at radius 2 is 2.11 bits per heavy atom. The van der Waals surface area contributed by atoms with Crippen LogP contribution in [0.1, 0.15) is 44.9 Å². The lowest BCUT2D eigenvalue weighted by molar-refractivity contribution is -0.135. The minimum absolute atomic E-state index is 0. The zero-order chi connectivity index (χ0) is 12.1. The number of nitrogens with zero attached hydrogens (tertiary/aromatic N) is 1. The molecule has 0 saturated carbocycles. The second-order valence-electron chi connectivity index (χ2n) is 5.15. The highest BCUT2D eigenvalue weighted by Crippen LogP contribution is 2.20. The molecule has 106 valence electrons. The summed E-state index contributed by atoms with van der Waals surface area (Å²) in [6.07, 6.45) is 7.50. The lowest BCUT2D eigenvalue weighted by atomic mass is 10.0. The van der Waals surface area contributed by atoms with E-state index in [1.165, 1.54) is 6.42 Å². The van der Waals surface area contributed by atoms with E-state index in [4.69, 9.17) is 10.5 Å². The van der Waals surface area contributed by atoms with Crippen LogP contribution in [0.4, 0.5) is 0 Å². The molecule has 4 nitrogen and oxygen atoms in total. The third-order valence-corrected chi connectivity index (χ3v) is 3.92. The van der Waals surface area contributed by atoms with Gasteiger partial charge >= 0.3 is 0 Å². The van der Waals surface area contributed by atoms with Gasteiger partial charge in [-0.15, -0.1) is 12.4 Å². The summed E-state index contributed by atoms with van der Waals surface area (Å²) in [5, 5.41) is 0. The summed E-state index contributed by atoms with van der Waals surface area (Å²) in [7, 11) is 0. The Hall–Kier alpha value is -0.320. The van der Waals surface area contributed by atoms with E-state index in [0.29, 0.717) is 19.1 Å². The van der Waals surface area contributed by atoms with Crippen LogP contribution < -0.4 is 5.73 Å². The number of ether oxygens (including phenoxy) is 1. The highest BCUT2D eigenvalue weighted by molar-refractivity contribution is 5.85. The van der Waals surface area contributed by atoms with E-state index in [2.05, 4.69) is 0 Å². The van der Waals surface area contributed by atoms with Crippen molar-refractivity contribution < 1.29 is 9.53 Å². The van der Waals surface area contributed by atoms with Crippen molar-refractivity contribution in [3.63, 3.8) is 0 Å². The first-order chi connectivity index (χ1) is 8.31. The maximum Gasteiger partial charge on any atom is 0.222 e. The predicted molar refractivity (Wildman–Crippen MR) is 73.9 cm³/mol. The fourth-order valence-electron chi connectivity index (χ4n) is 2.87. The molecule has 18 heavy (non-hydrogen) atoms. The van der Waals surface area contributed by atoms with E-state index in [-0.39, 0.29) is 24.4 Å². The number of hydrogen-bond acceptors (Lipinski definition) is 3. The number of halogens is 1. The summed E-state index contributed by atoms with van der Waals surface area (Å²) in [5.74, 6) is 0.274. The van der Waals surface area contributed by atoms with E-state index in [1.807, 2.05) is 4.90 Å². The standard InChI is InChI=1S/C13H24N2O2.ClH/c14-10-11-4-1-2-8-15(11)13(16)7-6-12-5-3-9-17-12;/h11-12H,1-10,14H2;1H. The molecule has 0 aromatic rings. The third-order valence-electron chi connectivity index (χ3n) is 3.92. The number of amides is 1. The zero-order valence-corrected chi connectivity index (χ0v) is 11.8. The number of likely N-dealkylation sites (tertiary alicyclic amines) is 1. The van der Waals surface area contributed by atoms with Crippen LogP contribution in [0, 0.1) is 0 Å². The Bertz CT molecular complexity index is 257. The van der Waals surface area contributed by atoms with Gasteiger partial charge in [0.25, 0.3) is 0 Å². The molecule has 2 N–H and O–H groups in total. The molecule has 2 atom stereocenters. The van der Waals surface area contributed by atoms with Crippen LogP contribution in [0.15, 0.2) is 0 Å². The average Bonchev–Trinajstić information content (AvgIpc) is 2.89. The van der Waals surface area contributed by atoms with Gasteiger partial charge in [-0.05, 0) is 38.5 Å². The molecule has 2 unspecified atom stereocenters. The number of nitrogens with two attached hydrogens (primary N) is 1. The molecule has 2 heterocycles. The predicted octanol–water partition coefficient (Wildman–Crippen LogP) is 1.71. The minimum atomic E-state index is 0. The number of carbonyl (C=O) groups is 1. The first-order valence-corrected chi connectivity index (χ1v) is 6.92. The Labute approximate surface area is 116 Å². The molecule has 0 bridgehead atoms. The van der Waals surface area contributed by atoms with E-state index >= 15 is 0 Å². The van der Waals surface area contributed by atoms with Gasteiger partial charge in [-0.3, -0.25) is 4.79 Å². The van der Waals surface area contributed by atoms with Crippen molar-refractivity contribution in [3.05, 3.63) is 0 Å². The molecular weight excluding hydrogens is 252 g/mol. The van der Waals surface area contributed by atoms with Crippen LogP contribution in [-0.4, -0.2) is 42.6 Å². The van der Waals surface area contributed by atoms with Gasteiger partial charge in [-0.2, -0.15) is 0 Å². The van der Waals surface area contributed by atoms with Crippen LogP contribution in [0.25, 0.3) is 0 Å². The molecule has 2 saturated heterocycles. The summed E-state index contributed by atoms with van der Waals surface area (Å²) in [6.45, 7) is 2.37. The van der Waals surface area contributed by atoms with Gasteiger partial charge in [0.1, 0.15) is 0 Å². The van der Waals surface area contributed by atoms with E-state index in [9.17, 15) is 4.79 Å². The number of piperidine rings is 1. The Kier molecular flexibility index (Phi) is 6.97. The lowest BCUT2D eigenvalue weighted by Gasteiger charge is -2.35. The van der Waals surface area contributed by atoms with Gasteiger partial charge < -0.3 is 15.4 Å². The summed E-state index contributed by atoms with van der Waals surface area (Å²) in [6, 6.07) is 0.278. The van der Waals surface area contributed by atoms with Gasteiger partial charge in [-0.25, -0.2) is 0 Å². The molecule has 2 rings (SSSR count). The Balaban J connectivity index is 0.00000162. The molecule has 1 amide bonds. The van der Waals surface area contributed by atoms with E-state index in [1.54, 1.807) is 0 Å². The molecule has 0 aromatic heterocycles. The number of carbonyl (C=O) groups excluding carboxylic acids is 1. The highest BCUT2D eigenvalue weighted by atomic mass is 35.5. The summed E-state index contributed by atoms with van der Waals surface area (Å²) in [4.78, 5) is 14.1. The quantitative estimate of drug-likeness (QED) is 0.850. The monoisotopic (exact) mass is 276 g/mol. The smallest absolute Gasteiger partial charge is 0.222 e. The normalized spacial score (nSPS) is 27.9. The third kappa shape index (κ3) is 4.11. The first-order valence-electron chi connectivity index (χ1n) is 6.92. The zero-order valence-electron chi connectivity index (χ0n) is 11.0. The van der Waals surface area contributed by atoms with E-state index in [0.717, 1.165) is 45.3 Å². The largest absolute Gasteiger partial charge is 0.378 e. The fourth-order valence-corrected chi connectivity index (χ4v) is 2.87. The molecule has 0 aromatic carbocycles. The van der Waals surface area contributed by atoms with Crippen molar-refractivity contribution in [3.8, 4) is 0 Å². The van der Waals surface area contributed by atoms with Crippen molar-refractivity contribution >= 4 is 18.3 Å². The Morgan fingerprint density at radius 1 is 1.28 bits per heavy atom. The van der Waals surface area contributed by atoms with Crippen LogP contribution in [0.3, 0.4) is 0 Å². The molecule has 2 fully saturated rings. The van der Waals surface area contributed by atoms with Crippen LogP contribution in [-0.2, 0) is 9.53 Å². The molecular formula is C13H25ClN2O2. The molecule has 0 radical (unpaired) electrons. The number of hydrogen-bond donors (Lipinski definition) is 1. The summed E-state index contributed by atoms with van der Waals surface area (Å²) >= 11 is 0. The second kappa shape index (κ2) is 7.97. The molecule has 0 aliphatic carbocycles. The van der Waals surface area contributed by atoms with Crippen LogP contribution in [0.5, 0.6) is 0 Å². The van der Waals surface area contributed by atoms with Gasteiger partial charge in [0.2, 0.25) is 5.91 Å². The summed E-state index contributed by atoms with van der Waals surface area (Å²) < 4.78 is 5.55. The van der Waals surface area contributed by atoms with Crippen LogP contribution >= 0.6 is 12.4 Å². The van der Waals surface area contributed by atoms with Gasteiger partial charge in [0, 0.05) is 32.2 Å². The lowest BCUT2D eigenvalue weighted by Crippen LogP contribution is -2.47. The van der Waals surface area contributed by atoms with Crippen molar-refractivity contribution in [2.75, 3.05) is 19.7 Å². The Morgan fingerprint density at radius 3 is 2.78 bits per heavy atom. The van der Waals surface area contributed by atoms with Gasteiger partial charge in [0.05, 0.1) is 6.10 Å². The molecule has 2 aliphatic rings. The summed E-state index contributed by atoms with van der Waals surface area (Å²) in [5.41, 5.74) is 5.73. The molecule has 2 aliphatic heterocycles. The van der Waals surface area contributed by atoms with Crippen molar-refractivity contribution in [1.29, 1.82) is 0 Å².